The van der Waals surface area contributed by atoms with Crippen molar-refractivity contribution in [2.75, 3.05) is 13.1 Å². The predicted octanol–water partition coefficient (Wildman–Crippen LogP) is 2.63. The van der Waals surface area contributed by atoms with E-state index in [9.17, 15) is 8.42 Å². The monoisotopic (exact) mass is 371 g/mol. The molecule has 0 unspecified atom stereocenters. The van der Waals surface area contributed by atoms with E-state index in [0.717, 1.165) is 11.1 Å². The quantitative estimate of drug-likeness (QED) is 0.807. The van der Waals surface area contributed by atoms with Gasteiger partial charge in [0.2, 0.25) is 15.9 Å². The summed E-state index contributed by atoms with van der Waals surface area (Å²) in [5.74, 6) is 0.488. The van der Waals surface area contributed by atoms with Crippen LogP contribution >= 0.6 is 0 Å². The first kappa shape index (κ1) is 18.4. The maximum atomic E-state index is 12.6. The Labute approximate surface area is 154 Å². The molecule has 3 rings (SSSR count). The molecule has 1 saturated heterocycles. The highest BCUT2D eigenvalue weighted by atomic mass is 32.2. The average Bonchev–Trinajstić information content (AvgIpc) is 2.62. The maximum Gasteiger partial charge on any atom is 0.218 e. The van der Waals surface area contributed by atoms with Crippen molar-refractivity contribution in [3.63, 3.8) is 0 Å². The number of piperidine rings is 1. The molecule has 136 valence electrons. The average molecular weight is 371 g/mol. The number of hydrogen-bond donors (Lipinski definition) is 0. The molecule has 0 spiro atoms. The zero-order valence-electron chi connectivity index (χ0n) is 14.6. The van der Waals surface area contributed by atoms with Crippen molar-refractivity contribution in [1.82, 2.24) is 9.29 Å². The summed E-state index contributed by atoms with van der Waals surface area (Å²) in [7, 11) is -3.33. The number of nitriles is 1. The van der Waals surface area contributed by atoms with Gasteiger partial charge in [-0.15, -0.1) is 0 Å². The van der Waals surface area contributed by atoms with E-state index in [1.807, 2.05) is 37.3 Å². The second kappa shape index (κ2) is 7.85. The number of hydrogen-bond acceptors (Lipinski definition) is 5. The molecule has 0 N–H and O–H groups in total. The van der Waals surface area contributed by atoms with Crippen molar-refractivity contribution in [2.45, 2.75) is 31.6 Å². The zero-order valence-corrected chi connectivity index (χ0v) is 15.4. The number of benzene rings is 1. The number of rotatable bonds is 5. The van der Waals surface area contributed by atoms with Gasteiger partial charge in [-0.3, -0.25) is 0 Å². The van der Waals surface area contributed by atoms with Gasteiger partial charge in [0.05, 0.1) is 11.3 Å². The van der Waals surface area contributed by atoms with E-state index in [4.69, 9.17) is 10.00 Å². The van der Waals surface area contributed by atoms with Gasteiger partial charge in [0.15, 0.2) is 0 Å². The second-order valence-electron chi connectivity index (χ2n) is 6.46. The van der Waals surface area contributed by atoms with Gasteiger partial charge >= 0.3 is 0 Å². The van der Waals surface area contributed by atoms with E-state index in [2.05, 4.69) is 4.98 Å². The normalized spacial score (nSPS) is 16.2. The summed E-state index contributed by atoms with van der Waals surface area (Å²) in [6, 6.07) is 12.9. The summed E-state index contributed by atoms with van der Waals surface area (Å²) >= 11 is 0. The van der Waals surface area contributed by atoms with Crippen LogP contribution in [-0.2, 0) is 15.8 Å². The van der Waals surface area contributed by atoms with Crippen LogP contribution in [0.15, 0.2) is 42.6 Å². The Morgan fingerprint density at radius 2 is 2.04 bits per heavy atom. The Kier molecular flexibility index (Phi) is 5.55. The Balaban J connectivity index is 1.56. The van der Waals surface area contributed by atoms with Crippen LogP contribution in [0.25, 0.3) is 0 Å². The number of aryl methyl sites for hydroxylation is 1. The van der Waals surface area contributed by atoms with E-state index in [1.54, 1.807) is 16.4 Å². The Morgan fingerprint density at radius 1 is 1.27 bits per heavy atom. The van der Waals surface area contributed by atoms with Gasteiger partial charge in [-0.1, -0.05) is 29.8 Å². The van der Waals surface area contributed by atoms with Crippen LogP contribution in [0.3, 0.4) is 0 Å². The van der Waals surface area contributed by atoms with Gasteiger partial charge in [0.1, 0.15) is 12.2 Å². The lowest BCUT2D eigenvalue weighted by Crippen LogP contribution is -2.42. The molecule has 2 heterocycles. The van der Waals surface area contributed by atoms with Gasteiger partial charge in [0, 0.05) is 25.4 Å². The Hall–Kier alpha value is -2.43. The van der Waals surface area contributed by atoms with E-state index >= 15 is 0 Å². The highest BCUT2D eigenvalue weighted by Gasteiger charge is 2.29. The summed E-state index contributed by atoms with van der Waals surface area (Å²) in [6.45, 7) is 2.83. The molecule has 0 aliphatic carbocycles. The molecule has 0 amide bonds. The van der Waals surface area contributed by atoms with E-state index < -0.39 is 10.0 Å². The van der Waals surface area contributed by atoms with Crippen LogP contribution in [0, 0.1) is 18.3 Å². The van der Waals surface area contributed by atoms with Crippen LogP contribution < -0.4 is 4.74 Å². The summed E-state index contributed by atoms with van der Waals surface area (Å²) in [5, 5.41) is 8.78. The van der Waals surface area contributed by atoms with Gasteiger partial charge in [0.25, 0.3) is 0 Å². The molecular formula is C19H21N3O3S. The lowest BCUT2D eigenvalue weighted by atomic mass is 10.1. The minimum atomic E-state index is -3.33. The molecule has 0 atom stereocenters. The van der Waals surface area contributed by atoms with Crippen LogP contribution in [-0.4, -0.2) is 36.9 Å². The van der Waals surface area contributed by atoms with Crippen molar-refractivity contribution in [3.8, 4) is 11.9 Å². The van der Waals surface area contributed by atoms with Gasteiger partial charge < -0.3 is 4.74 Å². The van der Waals surface area contributed by atoms with Gasteiger partial charge in [-0.05, 0) is 31.4 Å². The lowest BCUT2D eigenvalue weighted by Gasteiger charge is -2.31. The van der Waals surface area contributed by atoms with E-state index in [0.29, 0.717) is 37.4 Å². The van der Waals surface area contributed by atoms with E-state index in [1.165, 1.54) is 6.20 Å². The molecule has 0 bridgehead atoms. The molecule has 1 aliphatic heterocycles. The SMILES string of the molecule is Cc1cccc(CS(=O)(=O)N2CCC(Oc3ccc(C#N)cn3)CC2)c1. The molecule has 6 nitrogen and oxygen atoms in total. The Bertz CT molecular complexity index is 896. The highest BCUT2D eigenvalue weighted by molar-refractivity contribution is 7.88. The van der Waals surface area contributed by atoms with Gasteiger partial charge in [-0.2, -0.15) is 5.26 Å². The molecule has 1 aromatic heterocycles. The number of pyridine rings is 1. The lowest BCUT2D eigenvalue weighted by molar-refractivity contribution is 0.130. The Morgan fingerprint density at radius 3 is 2.65 bits per heavy atom. The minimum Gasteiger partial charge on any atom is -0.474 e. The summed E-state index contributed by atoms with van der Waals surface area (Å²) < 4.78 is 32.6. The fraction of sp³-hybridized carbons (Fsp3) is 0.368. The van der Waals surface area contributed by atoms with Gasteiger partial charge in [-0.25, -0.2) is 17.7 Å². The van der Waals surface area contributed by atoms with Crippen molar-refractivity contribution < 1.29 is 13.2 Å². The molecule has 1 aliphatic rings. The molecular weight excluding hydrogens is 350 g/mol. The van der Waals surface area contributed by atoms with Crippen molar-refractivity contribution in [2.24, 2.45) is 0 Å². The van der Waals surface area contributed by atoms with Crippen molar-refractivity contribution in [1.29, 1.82) is 5.26 Å². The number of ether oxygens (including phenoxy) is 1. The molecule has 1 fully saturated rings. The topological polar surface area (TPSA) is 83.3 Å². The molecule has 0 radical (unpaired) electrons. The molecule has 2 aromatic rings. The predicted molar refractivity (Wildman–Crippen MR) is 98.0 cm³/mol. The molecule has 7 heteroatoms. The third-order valence-corrected chi connectivity index (χ3v) is 6.23. The van der Waals surface area contributed by atoms with Crippen LogP contribution in [0.1, 0.15) is 29.5 Å². The largest absolute Gasteiger partial charge is 0.474 e. The first-order chi connectivity index (χ1) is 12.5. The fourth-order valence-corrected chi connectivity index (χ4v) is 4.57. The summed E-state index contributed by atoms with van der Waals surface area (Å²) in [5.41, 5.74) is 2.35. The fourth-order valence-electron chi connectivity index (χ4n) is 3.02. The summed E-state index contributed by atoms with van der Waals surface area (Å²) in [6.07, 6.45) is 2.64. The molecule has 0 saturated carbocycles. The zero-order chi connectivity index (χ0) is 18.6. The van der Waals surface area contributed by atoms with Crippen LogP contribution in [0.2, 0.25) is 0 Å². The first-order valence-corrected chi connectivity index (χ1v) is 10.1. The third-order valence-electron chi connectivity index (χ3n) is 4.38. The van der Waals surface area contributed by atoms with Crippen molar-refractivity contribution >= 4 is 10.0 Å². The maximum absolute atomic E-state index is 12.6. The summed E-state index contributed by atoms with van der Waals surface area (Å²) in [4.78, 5) is 4.10. The second-order valence-corrected chi connectivity index (χ2v) is 8.43. The van der Waals surface area contributed by atoms with Crippen LogP contribution in [0.4, 0.5) is 0 Å². The smallest absolute Gasteiger partial charge is 0.218 e. The number of nitrogens with zero attached hydrogens (tertiary/aromatic N) is 3. The van der Waals surface area contributed by atoms with Crippen LogP contribution in [0.5, 0.6) is 5.88 Å². The third kappa shape index (κ3) is 4.59. The van der Waals surface area contributed by atoms with Crippen molar-refractivity contribution in [3.05, 3.63) is 59.3 Å². The molecule has 26 heavy (non-hydrogen) atoms. The first-order valence-electron chi connectivity index (χ1n) is 8.52. The van der Waals surface area contributed by atoms with E-state index in [-0.39, 0.29) is 11.9 Å². The number of sulfonamides is 1. The standard InChI is InChI=1S/C19H21N3O3S/c1-15-3-2-4-16(11-15)14-26(23,24)22-9-7-18(8-10-22)25-19-6-5-17(12-20)13-21-19/h2-6,11,13,18H,7-10,14H2,1H3. The minimum absolute atomic E-state index is 0.0252. The highest BCUT2D eigenvalue weighted by Crippen LogP contribution is 2.21. The number of aromatic nitrogens is 1. The molecule has 1 aromatic carbocycles.